The third-order valence-corrected chi connectivity index (χ3v) is 4.41. The van der Waals surface area contributed by atoms with E-state index in [0.29, 0.717) is 11.7 Å². The molecular weight excluding hydrogens is 172 g/mol. The summed E-state index contributed by atoms with van der Waals surface area (Å²) in [5.41, 5.74) is 1.13. The van der Waals surface area contributed by atoms with Gasteiger partial charge in [-0.05, 0) is 30.3 Å². The molecule has 3 atom stereocenters. The van der Waals surface area contributed by atoms with E-state index in [2.05, 4.69) is 20.4 Å². The Balaban J connectivity index is 2.29. The highest BCUT2D eigenvalue weighted by Crippen LogP contribution is 2.55. The van der Waals surface area contributed by atoms with E-state index in [1.165, 1.54) is 25.7 Å². The monoisotopic (exact) mass is 192 g/mol. The fourth-order valence-corrected chi connectivity index (χ4v) is 3.49. The lowest BCUT2D eigenvalue weighted by Gasteiger charge is -2.40. The highest BCUT2D eigenvalue weighted by Gasteiger charge is 2.49. The SMILES string of the molecule is C=C1C(=O)CC(C)C12CCCC(C)C2. The number of hydrogen-bond acceptors (Lipinski definition) is 1. The molecule has 0 aromatic carbocycles. The summed E-state index contributed by atoms with van der Waals surface area (Å²) >= 11 is 0. The van der Waals surface area contributed by atoms with Gasteiger partial charge in [0.2, 0.25) is 0 Å². The number of carbonyl (C=O) groups is 1. The quantitative estimate of drug-likeness (QED) is 0.538. The minimum absolute atomic E-state index is 0.189. The van der Waals surface area contributed by atoms with Crippen LogP contribution in [0.25, 0.3) is 0 Å². The Bertz CT molecular complexity index is 279. The van der Waals surface area contributed by atoms with Gasteiger partial charge in [-0.3, -0.25) is 4.79 Å². The van der Waals surface area contributed by atoms with Crippen molar-refractivity contribution < 1.29 is 4.79 Å². The minimum Gasteiger partial charge on any atom is -0.295 e. The van der Waals surface area contributed by atoms with Crippen molar-refractivity contribution in [3.05, 3.63) is 12.2 Å². The van der Waals surface area contributed by atoms with E-state index < -0.39 is 0 Å². The van der Waals surface area contributed by atoms with Gasteiger partial charge in [-0.25, -0.2) is 0 Å². The highest BCUT2D eigenvalue weighted by molar-refractivity contribution is 5.99. The molecule has 1 spiro atoms. The molecule has 1 heteroatoms. The van der Waals surface area contributed by atoms with E-state index in [1.807, 2.05) is 0 Å². The fourth-order valence-electron chi connectivity index (χ4n) is 3.49. The van der Waals surface area contributed by atoms with E-state index in [4.69, 9.17) is 0 Å². The molecule has 2 aliphatic carbocycles. The zero-order chi connectivity index (χ0) is 10.3. The van der Waals surface area contributed by atoms with Gasteiger partial charge in [-0.2, -0.15) is 0 Å². The first kappa shape index (κ1) is 9.95. The van der Waals surface area contributed by atoms with Crippen LogP contribution in [0.1, 0.15) is 46.0 Å². The lowest BCUT2D eigenvalue weighted by Crippen LogP contribution is -2.31. The van der Waals surface area contributed by atoms with E-state index in [0.717, 1.165) is 17.9 Å². The molecule has 0 aliphatic heterocycles. The van der Waals surface area contributed by atoms with Gasteiger partial charge in [0.05, 0.1) is 0 Å². The van der Waals surface area contributed by atoms with Crippen molar-refractivity contribution in [1.82, 2.24) is 0 Å². The second-order valence-corrected chi connectivity index (χ2v) is 5.36. The lowest BCUT2D eigenvalue weighted by molar-refractivity contribution is -0.114. The molecule has 0 N–H and O–H groups in total. The Morgan fingerprint density at radius 2 is 2.14 bits per heavy atom. The minimum atomic E-state index is 0.189. The molecule has 0 aromatic rings. The van der Waals surface area contributed by atoms with Gasteiger partial charge in [-0.1, -0.05) is 33.3 Å². The summed E-state index contributed by atoms with van der Waals surface area (Å²) in [5, 5.41) is 0. The molecule has 0 heterocycles. The highest BCUT2D eigenvalue weighted by atomic mass is 16.1. The molecule has 0 saturated heterocycles. The summed E-state index contributed by atoms with van der Waals surface area (Å²) in [6.07, 6.45) is 5.74. The Hall–Kier alpha value is -0.590. The molecule has 2 aliphatic rings. The summed E-state index contributed by atoms with van der Waals surface area (Å²) in [4.78, 5) is 11.7. The predicted octanol–water partition coefficient (Wildman–Crippen LogP) is 3.35. The van der Waals surface area contributed by atoms with Crippen LogP contribution >= 0.6 is 0 Å². The van der Waals surface area contributed by atoms with E-state index >= 15 is 0 Å². The van der Waals surface area contributed by atoms with E-state index in [-0.39, 0.29) is 5.41 Å². The van der Waals surface area contributed by atoms with Gasteiger partial charge in [0.15, 0.2) is 5.78 Å². The van der Waals surface area contributed by atoms with Crippen molar-refractivity contribution in [2.45, 2.75) is 46.0 Å². The Morgan fingerprint density at radius 1 is 1.43 bits per heavy atom. The summed E-state index contributed by atoms with van der Waals surface area (Å²) in [7, 11) is 0. The van der Waals surface area contributed by atoms with Crippen LogP contribution in [-0.4, -0.2) is 5.78 Å². The summed E-state index contributed by atoms with van der Waals surface area (Å²) in [5.74, 6) is 1.63. The number of hydrogen-bond donors (Lipinski definition) is 0. The first-order valence-electron chi connectivity index (χ1n) is 5.79. The molecule has 2 saturated carbocycles. The van der Waals surface area contributed by atoms with Gasteiger partial charge in [0.25, 0.3) is 0 Å². The first-order chi connectivity index (χ1) is 6.56. The van der Waals surface area contributed by atoms with Gasteiger partial charge in [0, 0.05) is 11.8 Å². The largest absolute Gasteiger partial charge is 0.295 e. The number of allylic oxidation sites excluding steroid dienone is 1. The van der Waals surface area contributed by atoms with Gasteiger partial charge < -0.3 is 0 Å². The smallest absolute Gasteiger partial charge is 0.159 e. The number of rotatable bonds is 0. The normalized spacial score (nSPS) is 43.6. The maximum Gasteiger partial charge on any atom is 0.159 e. The maximum atomic E-state index is 11.7. The molecule has 2 fully saturated rings. The maximum absolute atomic E-state index is 11.7. The van der Waals surface area contributed by atoms with Crippen LogP contribution in [0.4, 0.5) is 0 Å². The molecule has 0 bridgehead atoms. The molecule has 78 valence electrons. The zero-order valence-corrected chi connectivity index (χ0v) is 9.31. The topological polar surface area (TPSA) is 17.1 Å². The zero-order valence-electron chi connectivity index (χ0n) is 9.31. The Kier molecular flexibility index (Phi) is 2.29. The molecule has 14 heavy (non-hydrogen) atoms. The van der Waals surface area contributed by atoms with Crippen LogP contribution in [0, 0.1) is 17.3 Å². The molecule has 3 unspecified atom stereocenters. The van der Waals surface area contributed by atoms with Crippen LogP contribution in [0.5, 0.6) is 0 Å². The molecule has 0 aromatic heterocycles. The van der Waals surface area contributed by atoms with Crippen LogP contribution < -0.4 is 0 Å². The average molecular weight is 192 g/mol. The van der Waals surface area contributed by atoms with Gasteiger partial charge >= 0.3 is 0 Å². The number of Topliss-reactive ketones (excluding diaryl/α,β-unsaturated/α-hetero) is 1. The molecule has 0 radical (unpaired) electrons. The van der Waals surface area contributed by atoms with E-state index in [9.17, 15) is 4.79 Å². The van der Waals surface area contributed by atoms with Crippen LogP contribution in [0.15, 0.2) is 12.2 Å². The standard InChI is InChI=1S/C13H20O/c1-9-5-4-6-13(8-9)10(2)7-12(14)11(13)3/h9-10H,3-8H2,1-2H3. The van der Waals surface area contributed by atoms with Crippen molar-refractivity contribution in [2.75, 3.05) is 0 Å². The lowest BCUT2D eigenvalue weighted by atomic mass is 9.63. The summed E-state index contributed by atoms with van der Waals surface area (Å²) in [6, 6.07) is 0. The van der Waals surface area contributed by atoms with Gasteiger partial charge in [0.1, 0.15) is 0 Å². The fraction of sp³-hybridized carbons (Fsp3) is 0.769. The molecule has 2 rings (SSSR count). The molecule has 1 nitrogen and oxygen atoms in total. The molecule has 0 amide bonds. The van der Waals surface area contributed by atoms with Crippen LogP contribution in [0.2, 0.25) is 0 Å². The Labute approximate surface area is 86.6 Å². The van der Waals surface area contributed by atoms with Crippen molar-refractivity contribution in [3.8, 4) is 0 Å². The third kappa shape index (κ3) is 1.25. The summed E-state index contributed by atoms with van der Waals surface area (Å²) in [6.45, 7) is 8.59. The summed E-state index contributed by atoms with van der Waals surface area (Å²) < 4.78 is 0. The van der Waals surface area contributed by atoms with Gasteiger partial charge in [-0.15, -0.1) is 0 Å². The van der Waals surface area contributed by atoms with Crippen molar-refractivity contribution in [1.29, 1.82) is 0 Å². The predicted molar refractivity (Wildman–Crippen MR) is 58.0 cm³/mol. The first-order valence-corrected chi connectivity index (χ1v) is 5.79. The third-order valence-electron chi connectivity index (χ3n) is 4.41. The van der Waals surface area contributed by atoms with E-state index in [1.54, 1.807) is 0 Å². The second-order valence-electron chi connectivity index (χ2n) is 5.36. The van der Waals surface area contributed by atoms with Crippen molar-refractivity contribution in [3.63, 3.8) is 0 Å². The molecular formula is C13H20O. The second kappa shape index (κ2) is 3.22. The van der Waals surface area contributed by atoms with Crippen LogP contribution in [0.3, 0.4) is 0 Å². The van der Waals surface area contributed by atoms with Crippen LogP contribution in [-0.2, 0) is 4.79 Å². The van der Waals surface area contributed by atoms with Crippen molar-refractivity contribution in [2.24, 2.45) is 17.3 Å². The van der Waals surface area contributed by atoms with Crippen molar-refractivity contribution >= 4 is 5.78 Å². The number of ketones is 1. The Morgan fingerprint density at radius 3 is 2.64 bits per heavy atom. The average Bonchev–Trinajstić information content (AvgIpc) is 2.32. The number of carbonyl (C=O) groups excluding carboxylic acids is 1.